The van der Waals surface area contributed by atoms with E-state index in [4.69, 9.17) is 4.84 Å². The summed E-state index contributed by atoms with van der Waals surface area (Å²) in [4.78, 5) is 5.75. The molecule has 0 spiro atoms. The van der Waals surface area contributed by atoms with E-state index in [2.05, 4.69) is 27.8 Å². The van der Waals surface area contributed by atoms with E-state index in [1.807, 2.05) is 106 Å². The Balaban J connectivity index is 1.37. The van der Waals surface area contributed by atoms with Gasteiger partial charge in [-0.2, -0.15) is 10.4 Å². The standard InChI is InChI=1S/C35H30N4O2/c1-23-8-11-26(12-9-23)19-29(21-36)27-13-15-31(16-14-27)37-38-34-32-7-5-4-6-28(32)20-30(35(34)40)22-41-39-33-17-10-24(2)18-25(33)3/h4-20,39-40H,22H2,1-3H3. The molecule has 0 saturated carbocycles. The maximum Gasteiger partial charge on any atom is 0.149 e. The number of phenolic OH excluding ortho intramolecular Hbond substituents is 1. The lowest BCUT2D eigenvalue weighted by Crippen LogP contribution is -2.03. The van der Waals surface area contributed by atoms with E-state index < -0.39 is 0 Å². The normalized spacial score (nSPS) is 11.6. The molecular weight excluding hydrogens is 508 g/mol. The third-order valence-electron chi connectivity index (χ3n) is 6.82. The van der Waals surface area contributed by atoms with Gasteiger partial charge in [0.2, 0.25) is 0 Å². The number of nitrogens with one attached hydrogen (secondary N) is 1. The van der Waals surface area contributed by atoms with Gasteiger partial charge in [-0.05, 0) is 73.2 Å². The fourth-order valence-corrected chi connectivity index (χ4v) is 4.53. The van der Waals surface area contributed by atoms with Crippen LogP contribution in [-0.2, 0) is 11.4 Å². The van der Waals surface area contributed by atoms with Crippen LogP contribution in [0.4, 0.5) is 17.1 Å². The molecule has 202 valence electrons. The number of aromatic hydroxyl groups is 1. The smallest absolute Gasteiger partial charge is 0.149 e. The van der Waals surface area contributed by atoms with Gasteiger partial charge in [0.05, 0.1) is 23.0 Å². The predicted octanol–water partition coefficient (Wildman–Crippen LogP) is 9.49. The van der Waals surface area contributed by atoms with Crippen LogP contribution in [0.15, 0.2) is 107 Å². The number of fused-ring (bicyclic) bond motifs is 1. The molecule has 0 amide bonds. The zero-order valence-corrected chi connectivity index (χ0v) is 23.2. The number of hydrogen-bond acceptors (Lipinski definition) is 6. The van der Waals surface area contributed by atoms with Gasteiger partial charge in [-0.25, -0.2) is 0 Å². The summed E-state index contributed by atoms with van der Waals surface area (Å²) in [6.07, 6.45) is 1.86. The van der Waals surface area contributed by atoms with E-state index in [-0.39, 0.29) is 12.4 Å². The predicted molar refractivity (Wildman–Crippen MR) is 165 cm³/mol. The van der Waals surface area contributed by atoms with Crippen LogP contribution in [0.5, 0.6) is 5.75 Å². The number of allylic oxidation sites excluding steroid dienone is 1. The van der Waals surface area contributed by atoms with Crippen molar-refractivity contribution in [2.75, 3.05) is 5.48 Å². The van der Waals surface area contributed by atoms with Crippen LogP contribution in [0.1, 0.15) is 33.4 Å². The Hall–Kier alpha value is -5.25. The zero-order valence-electron chi connectivity index (χ0n) is 23.2. The molecule has 0 aliphatic rings. The highest BCUT2D eigenvalue weighted by atomic mass is 16.6. The number of hydrogen-bond donors (Lipinski definition) is 2. The van der Waals surface area contributed by atoms with Crippen molar-refractivity contribution in [2.45, 2.75) is 27.4 Å². The second-order valence-electron chi connectivity index (χ2n) is 9.99. The van der Waals surface area contributed by atoms with Crippen molar-refractivity contribution in [1.29, 1.82) is 5.26 Å². The molecule has 5 aromatic carbocycles. The highest BCUT2D eigenvalue weighted by Crippen LogP contribution is 2.39. The Morgan fingerprint density at radius 2 is 1.61 bits per heavy atom. The van der Waals surface area contributed by atoms with Crippen LogP contribution >= 0.6 is 0 Å². The van der Waals surface area contributed by atoms with Gasteiger partial charge >= 0.3 is 0 Å². The quantitative estimate of drug-likeness (QED) is 0.0891. The van der Waals surface area contributed by atoms with Gasteiger partial charge in [0, 0.05) is 10.9 Å². The van der Waals surface area contributed by atoms with Crippen LogP contribution in [0.2, 0.25) is 0 Å². The molecule has 0 atom stereocenters. The molecule has 0 bridgehead atoms. The lowest BCUT2D eigenvalue weighted by atomic mass is 10.0. The Morgan fingerprint density at radius 1 is 0.878 bits per heavy atom. The average molecular weight is 539 g/mol. The first kappa shape index (κ1) is 27.3. The number of benzene rings is 5. The van der Waals surface area contributed by atoms with Gasteiger partial charge in [0.1, 0.15) is 18.0 Å². The third kappa shape index (κ3) is 6.50. The van der Waals surface area contributed by atoms with Crippen molar-refractivity contribution in [3.05, 3.63) is 130 Å². The van der Waals surface area contributed by atoms with Gasteiger partial charge in [-0.3, -0.25) is 10.3 Å². The topological polar surface area (TPSA) is 90.0 Å². The van der Waals surface area contributed by atoms with Crippen LogP contribution < -0.4 is 5.48 Å². The van der Waals surface area contributed by atoms with Crippen LogP contribution in [0, 0.1) is 32.1 Å². The monoisotopic (exact) mass is 538 g/mol. The molecule has 0 aromatic heterocycles. The van der Waals surface area contributed by atoms with Gasteiger partial charge in [0.15, 0.2) is 0 Å². The Morgan fingerprint density at radius 3 is 2.34 bits per heavy atom. The summed E-state index contributed by atoms with van der Waals surface area (Å²) in [7, 11) is 0. The molecule has 6 nitrogen and oxygen atoms in total. The maximum atomic E-state index is 11.2. The van der Waals surface area contributed by atoms with Crippen molar-refractivity contribution < 1.29 is 9.94 Å². The number of aryl methyl sites for hydroxylation is 3. The minimum atomic E-state index is 0.0132. The summed E-state index contributed by atoms with van der Waals surface area (Å²) in [6, 6.07) is 33.3. The molecule has 6 heteroatoms. The average Bonchev–Trinajstić information content (AvgIpc) is 2.98. The number of rotatable bonds is 8. The molecule has 0 fully saturated rings. The molecule has 0 aliphatic heterocycles. The number of phenols is 1. The fourth-order valence-electron chi connectivity index (χ4n) is 4.53. The van der Waals surface area contributed by atoms with Gasteiger partial charge in [0.25, 0.3) is 0 Å². The van der Waals surface area contributed by atoms with Crippen molar-refractivity contribution >= 4 is 39.5 Å². The Labute approximate surface area is 239 Å². The van der Waals surface area contributed by atoms with Crippen LogP contribution in [0.3, 0.4) is 0 Å². The molecular formula is C35H30N4O2. The highest BCUT2D eigenvalue weighted by molar-refractivity contribution is 5.96. The number of anilines is 1. The summed E-state index contributed by atoms with van der Waals surface area (Å²) in [5, 5.41) is 31.4. The molecule has 5 aromatic rings. The Bertz CT molecular complexity index is 1800. The second kappa shape index (κ2) is 12.3. The van der Waals surface area contributed by atoms with Crippen LogP contribution in [-0.4, -0.2) is 5.11 Å². The molecule has 0 saturated heterocycles. The van der Waals surface area contributed by atoms with Gasteiger partial charge in [-0.1, -0.05) is 83.9 Å². The maximum absolute atomic E-state index is 11.2. The fraction of sp³-hybridized carbons (Fsp3) is 0.114. The summed E-state index contributed by atoms with van der Waals surface area (Å²) in [5.41, 5.74) is 11.1. The summed E-state index contributed by atoms with van der Waals surface area (Å²) in [5.74, 6) is 0.0132. The van der Waals surface area contributed by atoms with Crippen molar-refractivity contribution in [3.8, 4) is 11.8 Å². The first-order chi connectivity index (χ1) is 19.9. The molecule has 0 aliphatic carbocycles. The van der Waals surface area contributed by atoms with Crippen LogP contribution in [0.25, 0.3) is 22.4 Å². The van der Waals surface area contributed by atoms with E-state index in [1.165, 1.54) is 11.1 Å². The summed E-state index contributed by atoms with van der Waals surface area (Å²) < 4.78 is 0. The number of nitrogens with zero attached hydrogens (tertiary/aromatic N) is 3. The lowest BCUT2D eigenvalue weighted by molar-refractivity contribution is 0.177. The number of nitriles is 1. The van der Waals surface area contributed by atoms with Crippen molar-refractivity contribution in [3.63, 3.8) is 0 Å². The largest absolute Gasteiger partial charge is 0.505 e. The zero-order chi connectivity index (χ0) is 28.8. The van der Waals surface area contributed by atoms with E-state index >= 15 is 0 Å². The highest BCUT2D eigenvalue weighted by Gasteiger charge is 2.13. The summed E-state index contributed by atoms with van der Waals surface area (Å²) in [6.45, 7) is 6.22. The summed E-state index contributed by atoms with van der Waals surface area (Å²) >= 11 is 0. The van der Waals surface area contributed by atoms with E-state index in [9.17, 15) is 10.4 Å². The lowest BCUT2D eigenvalue weighted by Gasteiger charge is -2.13. The van der Waals surface area contributed by atoms with Gasteiger partial charge < -0.3 is 5.11 Å². The molecule has 41 heavy (non-hydrogen) atoms. The molecule has 2 N–H and O–H groups in total. The third-order valence-corrected chi connectivity index (χ3v) is 6.82. The van der Waals surface area contributed by atoms with E-state index in [0.717, 1.165) is 33.2 Å². The van der Waals surface area contributed by atoms with Crippen molar-refractivity contribution in [2.24, 2.45) is 10.2 Å². The first-order valence-corrected chi connectivity index (χ1v) is 13.3. The van der Waals surface area contributed by atoms with E-state index in [0.29, 0.717) is 22.5 Å². The van der Waals surface area contributed by atoms with E-state index in [1.54, 1.807) is 12.1 Å². The second-order valence-corrected chi connectivity index (χ2v) is 9.99. The molecule has 5 rings (SSSR count). The minimum Gasteiger partial charge on any atom is -0.505 e. The molecule has 0 unspecified atom stereocenters. The molecule has 0 radical (unpaired) electrons. The van der Waals surface area contributed by atoms with Crippen molar-refractivity contribution in [1.82, 2.24) is 0 Å². The molecule has 0 heterocycles. The number of azo groups is 1. The first-order valence-electron chi connectivity index (χ1n) is 13.3. The van der Waals surface area contributed by atoms with Gasteiger partial charge in [-0.15, -0.1) is 5.11 Å². The Kier molecular flexibility index (Phi) is 8.19. The minimum absolute atomic E-state index is 0.0132. The SMILES string of the molecule is Cc1ccc(C=C(C#N)c2ccc(N=Nc3c(O)c(CONc4ccc(C)cc4C)cc4ccccc34)cc2)cc1.